The fourth-order valence-corrected chi connectivity index (χ4v) is 0.331. The van der Waals surface area contributed by atoms with E-state index in [-0.39, 0.29) is 0 Å². The number of rotatable bonds is 0. The molecule has 0 bridgehead atoms. The van der Waals surface area contributed by atoms with Crippen LogP contribution in [-0.2, 0) is 0 Å². The first-order chi connectivity index (χ1) is 3.93. The maximum absolute atomic E-state index is 6.56. The summed E-state index contributed by atoms with van der Waals surface area (Å²) in [5.41, 5.74) is 0.340. The van der Waals surface area contributed by atoms with E-state index in [0.29, 0.717) is 5.69 Å². The smallest absolute Gasteiger partial charge is 0.144 e. The van der Waals surface area contributed by atoms with Crippen molar-refractivity contribution in [3.8, 4) is 5.92 Å². The van der Waals surface area contributed by atoms with Gasteiger partial charge < -0.3 is 0 Å². The summed E-state index contributed by atoms with van der Waals surface area (Å²) in [6, 6.07) is 4.23. The van der Waals surface area contributed by atoms with Gasteiger partial charge in [0, 0.05) is 6.07 Å². The summed E-state index contributed by atoms with van der Waals surface area (Å²) in [5.74, 6) is 2.05. The van der Waals surface area contributed by atoms with Gasteiger partial charge in [-0.1, -0.05) is 0 Å². The summed E-state index contributed by atoms with van der Waals surface area (Å²) in [4.78, 5) is 0. The monoisotopic (exact) mass is 102 g/mol. The minimum Gasteiger partial charge on any atom is -0.158 e. The summed E-state index contributed by atoms with van der Waals surface area (Å²) in [6.45, 7) is 0. The minimum absolute atomic E-state index is 0.340. The maximum atomic E-state index is 6.56. The molecule has 0 unspecified atom stereocenters. The highest BCUT2D eigenvalue weighted by Crippen LogP contribution is 1.82. The molecule has 0 aliphatic rings. The molecule has 36 valence electrons. The Kier molecular flexibility index (Phi) is 1.25. The molecule has 1 heterocycles. The molecule has 0 aliphatic carbocycles. The van der Waals surface area contributed by atoms with Crippen LogP contribution in [0.2, 0.25) is 0 Å². The van der Waals surface area contributed by atoms with E-state index in [9.17, 15) is 0 Å². The fraction of sp³-hybridized carbons (Fsp3) is 0. The second-order valence-corrected chi connectivity index (χ2v) is 1.15. The van der Waals surface area contributed by atoms with Crippen molar-refractivity contribution in [2.45, 2.75) is 0 Å². The predicted octanol–water partition coefficient (Wildman–Crippen LogP) is 0.215. The Hall–Kier alpha value is -1.36. The third-order valence-electron chi connectivity index (χ3n) is 0.637. The molecule has 2 nitrogen and oxygen atoms in total. The molecule has 8 heavy (non-hydrogen) atoms. The summed E-state index contributed by atoms with van der Waals surface area (Å²) in [6.07, 6.45) is 8.06. The SMILES string of the molecule is [C]#Cc1[c]ccnn1. The van der Waals surface area contributed by atoms with Crippen molar-refractivity contribution in [2.75, 3.05) is 0 Å². The lowest BCUT2D eigenvalue weighted by Crippen LogP contribution is -1.82. The molecule has 0 aromatic carbocycles. The van der Waals surface area contributed by atoms with Crippen molar-refractivity contribution < 1.29 is 0 Å². The van der Waals surface area contributed by atoms with Gasteiger partial charge in [-0.2, -0.15) is 5.10 Å². The Balaban J connectivity index is 3.05. The highest BCUT2D eigenvalue weighted by Gasteiger charge is 1.81. The van der Waals surface area contributed by atoms with Gasteiger partial charge in [0.25, 0.3) is 0 Å². The number of nitrogens with zero attached hydrogens (tertiary/aromatic N) is 2. The van der Waals surface area contributed by atoms with Gasteiger partial charge in [0.1, 0.15) is 5.69 Å². The molecule has 0 N–H and O–H groups in total. The summed E-state index contributed by atoms with van der Waals surface area (Å²) >= 11 is 0. The predicted molar refractivity (Wildman–Crippen MR) is 27.1 cm³/mol. The Labute approximate surface area is 47.6 Å². The second kappa shape index (κ2) is 2.08. The zero-order valence-electron chi connectivity index (χ0n) is 4.05. The lowest BCUT2D eigenvalue weighted by Gasteiger charge is -1.79. The van der Waals surface area contributed by atoms with Crippen LogP contribution in [0.5, 0.6) is 0 Å². The van der Waals surface area contributed by atoms with E-state index in [1.165, 1.54) is 6.20 Å². The van der Waals surface area contributed by atoms with E-state index < -0.39 is 0 Å². The first-order valence-corrected chi connectivity index (χ1v) is 2.05. The largest absolute Gasteiger partial charge is 0.158 e. The van der Waals surface area contributed by atoms with E-state index >= 15 is 0 Å². The number of aromatic nitrogens is 2. The molecule has 0 amide bonds. The molecule has 0 atom stereocenters. The first-order valence-electron chi connectivity index (χ1n) is 2.05. The summed E-state index contributed by atoms with van der Waals surface area (Å²) in [5, 5.41) is 6.98. The molecule has 2 radical (unpaired) electrons. The van der Waals surface area contributed by atoms with Gasteiger partial charge in [0.2, 0.25) is 0 Å². The van der Waals surface area contributed by atoms with E-state index in [1.54, 1.807) is 6.07 Å². The van der Waals surface area contributed by atoms with Gasteiger partial charge in [-0.05, 0) is 18.4 Å². The van der Waals surface area contributed by atoms with Crippen molar-refractivity contribution in [3.63, 3.8) is 0 Å². The normalized spacial score (nSPS) is 7.88. The first kappa shape index (κ1) is 4.79. The zero-order valence-corrected chi connectivity index (χ0v) is 4.05. The van der Waals surface area contributed by atoms with Crippen LogP contribution in [0.1, 0.15) is 5.69 Å². The highest BCUT2D eigenvalue weighted by molar-refractivity contribution is 5.16. The van der Waals surface area contributed by atoms with Crippen molar-refractivity contribution in [3.05, 3.63) is 30.4 Å². The summed E-state index contributed by atoms with van der Waals surface area (Å²) in [7, 11) is 0. The van der Waals surface area contributed by atoms with Crippen LogP contribution in [0.15, 0.2) is 12.3 Å². The van der Waals surface area contributed by atoms with Crippen LogP contribution in [-0.4, -0.2) is 10.2 Å². The van der Waals surface area contributed by atoms with Gasteiger partial charge in [0.05, 0.1) is 6.20 Å². The zero-order chi connectivity index (χ0) is 5.82. The maximum Gasteiger partial charge on any atom is 0.144 e. The van der Waals surface area contributed by atoms with Gasteiger partial charge in [-0.3, -0.25) is 0 Å². The lowest BCUT2D eigenvalue weighted by atomic mass is 10.4. The molecule has 0 spiro atoms. The molecular formula is C6H2N2. The Morgan fingerprint density at radius 1 is 1.75 bits per heavy atom. The molecule has 0 saturated heterocycles. The van der Waals surface area contributed by atoms with Crippen LogP contribution in [0.3, 0.4) is 0 Å². The third-order valence-corrected chi connectivity index (χ3v) is 0.637. The number of hydrogen-bond acceptors (Lipinski definition) is 2. The van der Waals surface area contributed by atoms with Crippen molar-refractivity contribution >= 4 is 0 Å². The molecule has 0 aliphatic heterocycles. The van der Waals surface area contributed by atoms with E-state index in [0.717, 1.165) is 0 Å². The van der Waals surface area contributed by atoms with Crippen LogP contribution < -0.4 is 0 Å². The Bertz CT molecular complexity index is 198. The average molecular weight is 102 g/mol. The average Bonchev–Trinajstić information content (AvgIpc) is 1.90. The quantitative estimate of drug-likeness (QED) is 0.438. The third kappa shape index (κ3) is 0.824. The highest BCUT2D eigenvalue weighted by atomic mass is 15.1. The van der Waals surface area contributed by atoms with Gasteiger partial charge in [0.15, 0.2) is 0 Å². The van der Waals surface area contributed by atoms with Crippen LogP contribution in [0.25, 0.3) is 0 Å². The molecule has 1 aromatic heterocycles. The van der Waals surface area contributed by atoms with Crippen LogP contribution in [0, 0.1) is 18.4 Å². The lowest BCUT2D eigenvalue weighted by molar-refractivity contribution is 1.01. The number of hydrogen-bond donors (Lipinski definition) is 0. The van der Waals surface area contributed by atoms with Crippen molar-refractivity contribution in [1.29, 1.82) is 0 Å². The second-order valence-electron chi connectivity index (χ2n) is 1.15. The van der Waals surface area contributed by atoms with Gasteiger partial charge in [-0.25, -0.2) is 0 Å². The Morgan fingerprint density at radius 3 is 3.00 bits per heavy atom. The standard InChI is InChI=1S/C6H2N2/c1-2-6-4-3-5-7-8-6/h3,5H. The summed E-state index contributed by atoms with van der Waals surface area (Å²) < 4.78 is 0. The van der Waals surface area contributed by atoms with Crippen molar-refractivity contribution in [1.82, 2.24) is 10.2 Å². The molecular weight excluding hydrogens is 100 g/mol. The molecule has 2 heteroatoms. The van der Waals surface area contributed by atoms with Crippen LogP contribution in [0.4, 0.5) is 0 Å². The van der Waals surface area contributed by atoms with Gasteiger partial charge in [-0.15, -0.1) is 5.10 Å². The molecule has 1 rings (SSSR count). The van der Waals surface area contributed by atoms with Crippen molar-refractivity contribution in [2.24, 2.45) is 0 Å². The fourth-order valence-electron chi connectivity index (χ4n) is 0.331. The van der Waals surface area contributed by atoms with Crippen LogP contribution >= 0.6 is 0 Å². The molecule has 0 fully saturated rings. The topological polar surface area (TPSA) is 25.8 Å². The van der Waals surface area contributed by atoms with E-state index in [2.05, 4.69) is 16.3 Å². The minimum atomic E-state index is 0.340. The van der Waals surface area contributed by atoms with Gasteiger partial charge >= 0.3 is 0 Å². The Morgan fingerprint density at radius 2 is 2.62 bits per heavy atom. The molecule has 0 saturated carbocycles. The van der Waals surface area contributed by atoms with E-state index in [1.807, 2.05) is 5.92 Å². The van der Waals surface area contributed by atoms with E-state index in [4.69, 9.17) is 6.42 Å². The molecule has 1 aromatic rings.